The Kier molecular flexibility index (Phi) is 3.99. The van der Waals surface area contributed by atoms with Crippen molar-refractivity contribution in [1.29, 1.82) is 0 Å². The normalized spacial score (nSPS) is 19.9. The van der Waals surface area contributed by atoms with Crippen molar-refractivity contribution >= 4 is 27.3 Å². The molecular formula is C11H14ClNO4S. The molecule has 5 nitrogen and oxygen atoms in total. The Morgan fingerprint density at radius 3 is 2.89 bits per heavy atom. The molecule has 1 atom stereocenters. The van der Waals surface area contributed by atoms with Crippen molar-refractivity contribution in [3.8, 4) is 5.75 Å². The van der Waals surface area contributed by atoms with Crippen molar-refractivity contribution in [2.75, 3.05) is 17.1 Å². The lowest BCUT2D eigenvalue weighted by Crippen LogP contribution is -2.25. The van der Waals surface area contributed by atoms with Crippen LogP contribution < -0.4 is 4.72 Å². The van der Waals surface area contributed by atoms with Gasteiger partial charge >= 0.3 is 0 Å². The number of hydrogen-bond acceptors (Lipinski definition) is 4. The van der Waals surface area contributed by atoms with Gasteiger partial charge in [0.05, 0.1) is 22.6 Å². The molecule has 2 rings (SSSR count). The van der Waals surface area contributed by atoms with Gasteiger partial charge in [-0.25, -0.2) is 8.42 Å². The Balaban J connectivity index is 2.04. The molecule has 1 aliphatic heterocycles. The molecule has 2 N–H and O–H groups in total. The molecule has 1 unspecified atom stereocenters. The summed E-state index contributed by atoms with van der Waals surface area (Å²) in [6, 6.07) is 4.20. The molecule has 7 heteroatoms. The lowest BCUT2D eigenvalue weighted by Gasteiger charge is -2.12. The van der Waals surface area contributed by atoms with Crippen LogP contribution in [0.3, 0.4) is 0 Å². The molecule has 1 fully saturated rings. The summed E-state index contributed by atoms with van der Waals surface area (Å²) in [5, 5.41) is 9.57. The highest BCUT2D eigenvalue weighted by atomic mass is 35.5. The van der Waals surface area contributed by atoms with Gasteiger partial charge in [-0.3, -0.25) is 4.72 Å². The zero-order valence-corrected chi connectivity index (χ0v) is 11.2. The topological polar surface area (TPSA) is 75.6 Å². The molecule has 0 aliphatic carbocycles. The summed E-state index contributed by atoms with van der Waals surface area (Å²) in [5.41, 5.74) is 0.287. The van der Waals surface area contributed by atoms with E-state index in [4.69, 9.17) is 16.3 Å². The van der Waals surface area contributed by atoms with E-state index in [9.17, 15) is 13.5 Å². The fourth-order valence-corrected chi connectivity index (χ4v) is 3.26. The van der Waals surface area contributed by atoms with E-state index in [2.05, 4.69) is 4.72 Å². The third-order valence-electron chi connectivity index (χ3n) is 2.65. The molecule has 0 radical (unpaired) electrons. The van der Waals surface area contributed by atoms with Gasteiger partial charge in [0.1, 0.15) is 5.75 Å². The van der Waals surface area contributed by atoms with Crippen LogP contribution in [0.4, 0.5) is 5.69 Å². The Labute approximate surface area is 111 Å². The van der Waals surface area contributed by atoms with Crippen LogP contribution in [0.5, 0.6) is 5.75 Å². The van der Waals surface area contributed by atoms with Gasteiger partial charge in [-0.2, -0.15) is 0 Å². The SMILES string of the molecule is O=S(=O)(CC1CCCO1)Nc1ccc(Cl)c(O)c1. The monoisotopic (exact) mass is 291 g/mol. The summed E-state index contributed by atoms with van der Waals surface area (Å²) in [6.45, 7) is 0.613. The number of hydrogen-bond donors (Lipinski definition) is 2. The van der Waals surface area contributed by atoms with Crippen LogP contribution in [0.15, 0.2) is 18.2 Å². The largest absolute Gasteiger partial charge is 0.506 e. The summed E-state index contributed by atoms with van der Waals surface area (Å²) in [6.07, 6.45) is 1.40. The van der Waals surface area contributed by atoms with Crippen molar-refractivity contribution in [3.05, 3.63) is 23.2 Å². The molecule has 0 saturated carbocycles. The minimum Gasteiger partial charge on any atom is -0.506 e. The molecule has 1 aliphatic rings. The van der Waals surface area contributed by atoms with Gasteiger partial charge in [-0.1, -0.05) is 11.6 Å². The molecule has 1 aromatic carbocycles. The quantitative estimate of drug-likeness (QED) is 0.889. The van der Waals surface area contributed by atoms with E-state index in [-0.39, 0.29) is 28.3 Å². The lowest BCUT2D eigenvalue weighted by molar-refractivity contribution is 0.127. The minimum atomic E-state index is -3.48. The molecule has 1 saturated heterocycles. The van der Waals surface area contributed by atoms with Crippen LogP contribution >= 0.6 is 11.6 Å². The maximum Gasteiger partial charge on any atom is 0.235 e. The van der Waals surface area contributed by atoms with Crippen LogP contribution in [0.1, 0.15) is 12.8 Å². The first-order valence-corrected chi connectivity index (χ1v) is 7.60. The third kappa shape index (κ3) is 3.51. The second kappa shape index (κ2) is 5.34. The van der Waals surface area contributed by atoms with E-state index in [1.165, 1.54) is 18.2 Å². The summed E-state index contributed by atoms with van der Waals surface area (Å²) in [4.78, 5) is 0. The summed E-state index contributed by atoms with van der Waals surface area (Å²) >= 11 is 5.64. The van der Waals surface area contributed by atoms with E-state index in [0.717, 1.165) is 12.8 Å². The predicted octanol–water partition coefficient (Wildman–Crippen LogP) is 1.97. The van der Waals surface area contributed by atoms with Crippen LogP contribution in [0, 0.1) is 0 Å². The molecule has 0 spiro atoms. The minimum absolute atomic E-state index is 0.0730. The summed E-state index contributed by atoms with van der Waals surface area (Å²) < 4.78 is 31.4. The number of ether oxygens (including phenoxy) is 1. The number of phenolic OH excluding ortho intramolecular Hbond substituents is 1. The van der Waals surface area contributed by atoms with Crippen molar-refractivity contribution in [2.24, 2.45) is 0 Å². The van der Waals surface area contributed by atoms with Gasteiger partial charge in [0.2, 0.25) is 10.0 Å². The van der Waals surface area contributed by atoms with Crippen LogP contribution in [0.2, 0.25) is 5.02 Å². The second-order valence-corrected chi connectivity index (χ2v) is 6.36. The van der Waals surface area contributed by atoms with Crippen LogP contribution in [0.25, 0.3) is 0 Å². The maximum absolute atomic E-state index is 11.8. The summed E-state index contributed by atoms with van der Waals surface area (Å²) in [7, 11) is -3.48. The second-order valence-electron chi connectivity index (χ2n) is 4.18. The number of sulfonamides is 1. The number of halogens is 1. The number of nitrogens with one attached hydrogen (secondary N) is 1. The van der Waals surface area contributed by atoms with Crippen molar-refractivity contribution in [2.45, 2.75) is 18.9 Å². The van der Waals surface area contributed by atoms with Gasteiger partial charge in [0, 0.05) is 12.7 Å². The van der Waals surface area contributed by atoms with Gasteiger partial charge in [0.15, 0.2) is 0 Å². The van der Waals surface area contributed by atoms with Gasteiger partial charge in [-0.05, 0) is 25.0 Å². The highest BCUT2D eigenvalue weighted by molar-refractivity contribution is 7.92. The van der Waals surface area contributed by atoms with Crippen LogP contribution in [-0.2, 0) is 14.8 Å². The van der Waals surface area contributed by atoms with Crippen molar-refractivity contribution < 1.29 is 18.3 Å². The molecular weight excluding hydrogens is 278 g/mol. The van der Waals surface area contributed by atoms with Gasteiger partial charge in [-0.15, -0.1) is 0 Å². The fourth-order valence-electron chi connectivity index (χ4n) is 1.82. The lowest BCUT2D eigenvalue weighted by atomic mass is 10.3. The summed E-state index contributed by atoms with van der Waals surface area (Å²) in [5.74, 6) is -0.231. The Hall–Kier alpha value is -0.980. The van der Waals surface area contributed by atoms with E-state index in [0.29, 0.717) is 6.61 Å². The number of anilines is 1. The number of rotatable bonds is 4. The van der Waals surface area contributed by atoms with E-state index in [1.54, 1.807) is 0 Å². The Bertz CT molecular complexity index is 526. The number of aromatic hydroxyl groups is 1. The van der Waals surface area contributed by atoms with Crippen molar-refractivity contribution in [3.63, 3.8) is 0 Å². The molecule has 1 heterocycles. The Morgan fingerprint density at radius 2 is 2.28 bits per heavy atom. The zero-order valence-electron chi connectivity index (χ0n) is 9.60. The maximum atomic E-state index is 11.8. The average Bonchev–Trinajstić information content (AvgIpc) is 2.75. The first-order valence-electron chi connectivity index (χ1n) is 5.57. The van der Waals surface area contributed by atoms with E-state index in [1.807, 2.05) is 0 Å². The van der Waals surface area contributed by atoms with E-state index < -0.39 is 10.0 Å². The average molecular weight is 292 g/mol. The highest BCUT2D eigenvalue weighted by Crippen LogP contribution is 2.27. The molecule has 1 aromatic rings. The van der Waals surface area contributed by atoms with E-state index >= 15 is 0 Å². The molecule has 0 aromatic heterocycles. The van der Waals surface area contributed by atoms with Crippen molar-refractivity contribution in [1.82, 2.24) is 0 Å². The number of phenols is 1. The standard InChI is InChI=1S/C11H14ClNO4S/c12-10-4-3-8(6-11(10)14)13-18(15,16)7-9-2-1-5-17-9/h3-4,6,9,13-14H,1-2,5,7H2. The smallest absolute Gasteiger partial charge is 0.235 e. The Morgan fingerprint density at radius 1 is 1.50 bits per heavy atom. The first kappa shape index (κ1) is 13.5. The molecule has 18 heavy (non-hydrogen) atoms. The predicted molar refractivity (Wildman–Crippen MR) is 69.5 cm³/mol. The third-order valence-corrected chi connectivity index (χ3v) is 4.33. The fraction of sp³-hybridized carbons (Fsp3) is 0.455. The number of benzene rings is 1. The highest BCUT2D eigenvalue weighted by Gasteiger charge is 2.23. The molecule has 0 bridgehead atoms. The van der Waals surface area contributed by atoms with Gasteiger partial charge in [0.25, 0.3) is 0 Å². The van der Waals surface area contributed by atoms with Gasteiger partial charge < -0.3 is 9.84 Å². The molecule has 0 amide bonds. The zero-order chi connectivity index (χ0) is 13.2. The first-order chi connectivity index (χ1) is 8.46. The van der Waals surface area contributed by atoms with Crippen LogP contribution in [-0.4, -0.2) is 32.0 Å². The molecule has 100 valence electrons.